The number of benzene rings is 1. The Morgan fingerprint density at radius 1 is 1.50 bits per heavy atom. The maximum absolute atomic E-state index is 9.37. The molecule has 1 aliphatic rings. The minimum atomic E-state index is -0.700. The predicted molar refractivity (Wildman–Crippen MR) is 62.0 cm³/mol. The Morgan fingerprint density at radius 3 is 3.06 bits per heavy atom. The van der Waals surface area contributed by atoms with E-state index in [9.17, 15) is 5.11 Å². The molecule has 0 bridgehead atoms. The van der Waals surface area contributed by atoms with Crippen LogP contribution in [0.3, 0.4) is 0 Å². The van der Waals surface area contributed by atoms with Gasteiger partial charge in [-0.3, -0.25) is 0 Å². The standard InChI is InChI=1S/C12H17NO3/c1-13(7-11(15)8-14)10-2-3-12-9(6-10)4-5-16-12/h2-3,6,11,14-15H,4-5,7-8H2,1H3. The first kappa shape index (κ1) is 11.2. The highest BCUT2D eigenvalue weighted by Crippen LogP contribution is 2.29. The molecule has 0 saturated carbocycles. The van der Waals surface area contributed by atoms with Crippen molar-refractivity contribution in [1.82, 2.24) is 0 Å². The van der Waals surface area contributed by atoms with E-state index in [-0.39, 0.29) is 6.61 Å². The summed E-state index contributed by atoms with van der Waals surface area (Å²) in [6, 6.07) is 6.00. The highest BCUT2D eigenvalue weighted by molar-refractivity contribution is 5.53. The Hall–Kier alpha value is -1.26. The number of aliphatic hydroxyl groups excluding tert-OH is 2. The van der Waals surface area contributed by atoms with Gasteiger partial charge in [0, 0.05) is 25.7 Å². The highest BCUT2D eigenvalue weighted by Gasteiger charge is 2.14. The van der Waals surface area contributed by atoms with Crippen molar-refractivity contribution < 1.29 is 14.9 Å². The molecule has 4 heteroatoms. The van der Waals surface area contributed by atoms with Crippen LogP contribution in [0.5, 0.6) is 5.75 Å². The van der Waals surface area contributed by atoms with E-state index in [1.807, 2.05) is 24.1 Å². The summed E-state index contributed by atoms with van der Waals surface area (Å²) in [6.07, 6.45) is 0.244. The van der Waals surface area contributed by atoms with E-state index in [0.29, 0.717) is 6.54 Å². The van der Waals surface area contributed by atoms with E-state index >= 15 is 0 Å². The van der Waals surface area contributed by atoms with Gasteiger partial charge in [-0.2, -0.15) is 0 Å². The Kier molecular flexibility index (Phi) is 3.31. The number of hydrogen-bond donors (Lipinski definition) is 2. The molecule has 16 heavy (non-hydrogen) atoms. The van der Waals surface area contributed by atoms with Crippen molar-refractivity contribution in [3.8, 4) is 5.75 Å². The number of ether oxygens (including phenoxy) is 1. The smallest absolute Gasteiger partial charge is 0.122 e. The van der Waals surface area contributed by atoms with E-state index in [4.69, 9.17) is 9.84 Å². The number of aliphatic hydroxyl groups is 2. The number of hydrogen-bond acceptors (Lipinski definition) is 4. The normalized spacial score (nSPS) is 15.4. The topological polar surface area (TPSA) is 52.9 Å². The first-order valence-electron chi connectivity index (χ1n) is 5.46. The van der Waals surface area contributed by atoms with Gasteiger partial charge >= 0.3 is 0 Å². The zero-order valence-electron chi connectivity index (χ0n) is 9.39. The van der Waals surface area contributed by atoms with Crippen molar-refractivity contribution in [1.29, 1.82) is 0 Å². The van der Waals surface area contributed by atoms with Gasteiger partial charge < -0.3 is 19.8 Å². The number of rotatable bonds is 4. The average Bonchev–Trinajstić information content (AvgIpc) is 2.75. The molecular formula is C12H17NO3. The lowest BCUT2D eigenvalue weighted by Gasteiger charge is -2.22. The first-order chi connectivity index (χ1) is 7.70. The summed E-state index contributed by atoms with van der Waals surface area (Å²) in [5, 5.41) is 18.2. The Morgan fingerprint density at radius 2 is 2.31 bits per heavy atom. The molecular weight excluding hydrogens is 206 g/mol. The molecule has 0 spiro atoms. The summed E-state index contributed by atoms with van der Waals surface area (Å²) in [4.78, 5) is 1.93. The SMILES string of the molecule is CN(CC(O)CO)c1ccc2c(c1)CCO2. The van der Waals surface area contributed by atoms with Crippen LogP contribution >= 0.6 is 0 Å². The third-order valence-electron chi connectivity index (χ3n) is 2.81. The average molecular weight is 223 g/mol. The van der Waals surface area contributed by atoms with E-state index in [0.717, 1.165) is 24.5 Å². The molecule has 1 unspecified atom stereocenters. The summed E-state index contributed by atoms with van der Waals surface area (Å²) in [5.41, 5.74) is 2.25. The molecule has 4 nitrogen and oxygen atoms in total. The number of anilines is 1. The van der Waals surface area contributed by atoms with Crippen LogP contribution in [0.25, 0.3) is 0 Å². The quantitative estimate of drug-likeness (QED) is 0.776. The summed E-state index contributed by atoms with van der Waals surface area (Å²) in [7, 11) is 1.90. The second-order valence-corrected chi connectivity index (χ2v) is 4.11. The Bertz CT molecular complexity index is 367. The molecule has 2 N–H and O–H groups in total. The molecule has 0 fully saturated rings. The minimum absolute atomic E-state index is 0.210. The van der Waals surface area contributed by atoms with Crippen LogP contribution in [-0.2, 0) is 6.42 Å². The van der Waals surface area contributed by atoms with Crippen LogP contribution in [0, 0.1) is 0 Å². The van der Waals surface area contributed by atoms with Gasteiger partial charge in [-0.1, -0.05) is 0 Å². The summed E-state index contributed by atoms with van der Waals surface area (Å²) >= 11 is 0. The largest absolute Gasteiger partial charge is 0.493 e. The van der Waals surface area contributed by atoms with Crippen molar-refractivity contribution in [2.45, 2.75) is 12.5 Å². The Labute approximate surface area is 95.1 Å². The molecule has 0 saturated heterocycles. The lowest BCUT2D eigenvalue weighted by molar-refractivity contribution is 0.101. The lowest BCUT2D eigenvalue weighted by atomic mass is 10.1. The molecule has 0 aliphatic carbocycles. The third-order valence-corrected chi connectivity index (χ3v) is 2.81. The molecule has 1 atom stereocenters. The summed E-state index contributed by atoms with van der Waals surface area (Å²) < 4.78 is 5.43. The van der Waals surface area contributed by atoms with Crippen molar-refractivity contribution in [2.24, 2.45) is 0 Å². The molecule has 0 amide bonds. The van der Waals surface area contributed by atoms with Gasteiger partial charge in [0.1, 0.15) is 5.75 Å². The van der Waals surface area contributed by atoms with Crippen LogP contribution in [0.2, 0.25) is 0 Å². The fourth-order valence-electron chi connectivity index (χ4n) is 1.89. The van der Waals surface area contributed by atoms with Crippen molar-refractivity contribution in [3.63, 3.8) is 0 Å². The zero-order chi connectivity index (χ0) is 11.5. The highest BCUT2D eigenvalue weighted by atomic mass is 16.5. The minimum Gasteiger partial charge on any atom is -0.493 e. The second-order valence-electron chi connectivity index (χ2n) is 4.11. The van der Waals surface area contributed by atoms with E-state index < -0.39 is 6.10 Å². The Balaban J connectivity index is 2.09. The number of fused-ring (bicyclic) bond motifs is 1. The molecule has 0 radical (unpaired) electrons. The van der Waals surface area contributed by atoms with Crippen LogP contribution < -0.4 is 9.64 Å². The molecule has 1 heterocycles. The van der Waals surface area contributed by atoms with E-state index in [1.165, 1.54) is 5.56 Å². The molecule has 1 aromatic carbocycles. The van der Waals surface area contributed by atoms with Crippen LogP contribution in [0.1, 0.15) is 5.56 Å². The lowest BCUT2D eigenvalue weighted by Crippen LogP contribution is -2.31. The van der Waals surface area contributed by atoms with E-state index in [2.05, 4.69) is 6.07 Å². The van der Waals surface area contributed by atoms with Crippen LogP contribution in [0.15, 0.2) is 18.2 Å². The third kappa shape index (κ3) is 2.28. The first-order valence-corrected chi connectivity index (χ1v) is 5.46. The van der Waals surface area contributed by atoms with Gasteiger partial charge in [0.15, 0.2) is 0 Å². The van der Waals surface area contributed by atoms with Gasteiger partial charge in [-0.25, -0.2) is 0 Å². The fraction of sp³-hybridized carbons (Fsp3) is 0.500. The van der Waals surface area contributed by atoms with Crippen LogP contribution in [0.4, 0.5) is 5.69 Å². The molecule has 1 aromatic rings. The van der Waals surface area contributed by atoms with Crippen molar-refractivity contribution in [3.05, 3.63) is 23.8 Å². The summed E-state index contributed by atoms with van der Waals surface area (Å²) in [5.74, 6) is 0.958. The molecule has 1 aliphatic heterocycles. The maximum atomic E-state index is 9.37. The monoisotopic (exact) mass is 223 g/mol. The summed E-state index contributed by atoms with van der Waals surface area (Å²) in [6.45, 7) is 0.969. The van der Waals surface area contributed by atoms with Gasteiger partial charge in [-0.05, 0) is 23.8 Å². The second kappa shape index (κ2) is 4.72. The van der Waals surface area contributed by atoms with Gasteiger partial charge in [0.2, 0.25) is 0 Å². The van der Waals surface area contributed by atoms with E-state index in [1.54, 1.807) is 0 Å². The van der Waals surface area contributed by atoms with Gasteiger partial charge in [0.25, 0.3) is 0 Å². The van der Waals surface area contributed by atoms with Crippen molar-refractivity contribution in [2.75, 3.05) is 31.7 Å². The number of likely N-dealkylation sites (N-methyl/N-ethyl adjacent to an activating group) is 1. The number of nitrogens with zero attached hydrogens (tertiary/aromatic N) is 1. The molecule has 2 rings (SSSR count). The van der Waals surface area contributed by atoms with Crippen LogP contribution in [-0.4, -0.2) is 43.1 Å². The maximum Gasteiger partial charge on any atom is 0.122 e. The zero-order valence-corrected chi connectivity index (χ0v) is 9.39. The van der Waals surface area contributed by atoms with Gasteiger partial charge in [-0.15, -0.1) is 0 Å². The van der Waals surface area contributed by atoms with Crippen molar-refractivity contribution >= 4 is 5.69 Å². The van der Waals surface area contributed by atoms with Gasteiger partial charge in [0.05, 0.1) is 19.3 Å². The predicted octanol–water partition coefficient (Wildman–Crippen LogP) is 0.411. The molecule has 0 aromatic heterocycles. The molecule has 88 valence electrons. The fourth-order valence-corrected chi connectivity index (χ4v) is 1.89.